The van der Waals surface area contributed by atoms with Crippen LogP contribution in [0.4, 0.5) is 0 Å². The third-order valence-electron chi connectivity index (χ3n) is 4.19. The molecule has 0 spiro atoms. The topological polar surface area (TPSA) is 70.4 Å². The Morgan fingerprint density at radius 1 is 1.19 bits per heavy atom. The van der Waals surface area contributed by atoms with Gasteiger partial charge in [0.15, 0.2) is 5.16 Å². The minimum absolute atomic E-state index is 0.183. The van der Waals surface area contributed by atoms with E-state index < -0.39 is 0 Å². The molecular weight excluding hydrogens is 352 g/mol. The van der Waals surface area contributed by atoms with Crippen LogP contribution in [0, 0.1) is 0 Å². The van der Waals surface area contributed by atoms with Gasteiger partial charge in [-0.15, -0.1) is 0 Å². The number of rotatable bonds is 4. The second-order valence-electron chi connectivity index (χ2n) is 5.82. The van der Waals surface area contributed by atoms with Gasteiger partial charge in [0.1, 0.15) is 11.0 Å². The Morgan fingerprint density at radius 2 is 2.04 bits per heavy atom. The zero-order valence-corrected chi connectivity index (χ0v) is 14.9. The minimum atomic E-state index is -0.361. The molecule has 4 rings (SSSR count). The van der Waals surface area contributed by atoms with Crippen molar-refractivity contribution in [3.8, 4) is 11.4 Å². The number of hydrogen-bond acceptors (Lipinski definition) is 6. The van der Waals surface area contributed by atoms with E-state index in [1.165, 1.54) is 16.3 Å². The molecule has 1 atom stereocenters. The van der Waals surface area contributed by atoms with E-state index >= 15 is 0 Å². The number of fused-ring (bicyclic) bond motifs is 1. The van der Waals surface area contributed by atoms with Crippen molar-refractivity contribution >= 4 is 28.6 Å². The Labute approximate surface area is 153 Å². The maximum atomic E-state index is 13.2. The summed E-state index contributed by atoms with van der Waals surface area (Å²) in [5, 5.41) is 0.624. The van der Waals surface area contributed by atoms with Crippen LogP contribution in [0.5, 0.6) is 5.75 Å². The number of aromatic nitrogens is 2. The largest absolute Gasteiger partial charge is 0.497 e. The highest BCUT2D eigenvalue weighted by Crippen LogP contribution is 2.30. The van der Waals surface area contributed by atoms with Crippen LogP contribution in [0.1, 0.15) is 6.42 Å². The minimum Gasteiger partial charge on any atom is -0.497 e. The fourth-order valence-corrected chi connectivity index (χ4v) is 3.96. The van der Waals surface area contributed by atoms with Gasteiger partial charge in [0.2, 0.25) is 0 Å². The number of esters is 1. The van der Waals surface area contributed by atoms with E-state index in [4.69, 9.17) is 9.47 Å². The predicted octanol–water partition coefficient (Wildman–Crippen LogP) is 2.80. The molecule has 6 nitrogen and oxygen atoms in total. The molecule has 1 aliphatic rings. The maximum Gasteiger partial charge on any atom is 0.319 e. The molecule has 0 unspecified atom stereocenters. The van der Waals surface area contributed by atoms with E-state index in [0.29, 0.717) is 40.5 Å². The highest BCUT2D eigenvalue weighted by atomic mass is 32.2. The predicted molar refractivity (Wildman–Crippen MR) is 99.1 cm³/mol. The maximum absolute atomic E-state index is 13.2. The molecule has 0 saturated carbocycles. The van der Waals surface area contributed by atoms with Gasteiger partial charge in [0.05, 0.1) is 30.3 Å². The highest BCUT2D eigenvalue weighted by molar-refractivity contribution is 8.00. The van der Waals surface area contributed by atoms with Crippen LogP contribution < -0.4 is 10.3 Å². The van der Waals surface area contributed by atoms with Gasteiger partial charge in [0, 0.05) is 12.5 Å². The lowest BCUT2D eigenvalue weighted by Crippen LogP contribution is -2.23. The Bertz CT molecular complexity index is 1050. The SMILES string of the molecule is COc1cccc(-n2c(S[C@@H]3CCOC3=O)nc3ccccc3c2=O)c1. The Kier molecular flexibility index (Phi) is 4.38. The number of carbonyl (C=O) groups is 1. The molecule has 0 N–H and O–H groups in total. The first kappa shape index (κ1) is 16.7. The number of ether oxygens (including phenoxy) is 2. The number of benzene rings is 2. The lowest BCUT2D eigenvalue weighted by Gasteiger charge is -2.15. The monoisotopic (exact) mass is 368 g/mol. The first-order chi connectivity index (χ1) is 12.7. The third kappa shape index (κ3) is 2.94. The van der Waals surface area contributed by atoms with Crippen LogP contribution in [-0.4, -0.2) is 34.5 Å². The molecule has 1 aromatic heterocycles. The summed E-state index contributed by atoms with van der Waals surface area (Å²) in [5.41, 5.74) is 1.06. The number of hydrogen-bond donors (Lipinski definition) is 0. The van der Waals surface area contributed by atoms with Crippen LogP contribution in [0.2, 0.25) is 0 Å². The van der Waals surface area contributed by atoms with Gasteiger partial charge in [-0.25, -0.2) is 4.98 Å². The van der Waals surface area contributed by atoms with Crippen molar-refractivity contribution in [3.63, 3.8) is 0 Å². The fraction of sp³-hybridized carbons (Fsp3) is 0.211. The second-order valence-corrected chi connectivity index (χ2v) is 6.99. The summed E-state index contributed by atoms with van der Waals surface area (Å²) in [7, 11) is 1.57. The van der Waals surface area contributed by atoms with Gasteiger partial charge < -0.3 is 9.47 Å². The zero-order valence-electron chi connectivity index (χ0n) is 14.0. The third-order valence-corrected chi connectivity index (χ3v) is 5.39. The fourth-order valence-electron chi connectivity index (χ4n) is 2.88. The summed E-state index contributed by atoms with van der Waals surface area (Å²) in [5.74, 6) is 0.369. The van der Waals surface area contributed by atoms with E-state index in [0.717, 1.165) is 0 Å². The summed E-state index contributed by atoms with van der Waals surface area (Å²) >= 11 is 1.26. The Hall–Kier alpha value is -2.80. The Balaban J connectivity index is 1.92. The van der Waals surface area contributed by atoms with Crippen LogP contribution >= 0.6 is 11.8 Å². The van der Waals surface area contributed by atoms with Crippen LogP contribution in [0.3, 0.4) is 0 Å². The number of methoxy groups -OCH3 is 1. The number of para-hydroxylation sites is 1. The molecule has 1 saturated heterocycles. The van der Waals surface area contributed by atoms with E-state index in [1.807, 2.05) is 30.3 Å². The average molecular weight is 368 g/mol. The molecule has 2 heterocycles. The summed E-state index contributed by atoms with van der Waals surface area (Å²) in [6.45, 7) is 0.396. The Morgan fingerprint density at radius 3 is 2.81 bits per heavy atom. The summed E-state index contributed by atoms with van der Waals surface area (Å²) in [6.07, 6.45) is 0.601. The second kappa shape index (κ2) is 6.84. The van der Waals surface area contributed by atoms with Crippen LogP contribution in [-0.2, 0) is 9.53 Å². The first-order valence-corrected chi connectivity index (χ1v) is 9.05. The smallest absolute Gasteiger partial charge is 0.319 e. The molecule has 0 amide bonds. The van der Waals surface area contributed by atoms with Crippen molar-refractivity contribution in [1.29, 1.82) is 0 Å². The average Bonchev–Trinajstić information content (AvgIpc) is 3.07. The summed E-state index contributed by atoms with van der Waals surface area (Å²) in [6, 6.07) is 14.4. The molecule has 7 heteroatoms. The normalized spacial score (nSPS) is 16.7. The number of carbonyl (C=O) groups excluding carboxylic acids is 1. The zero-order chi connectivity index (χ0) is 18.1. The van der Waals surface area contributed by atoms with Crippen molar-refractivity contribution in [1.82, 2.24) is 9.55 Å². The number of cyclic esters (lactones) is 1. The van der Waals surface area contributed by atoms with Crippen LogP contribution in [0.25, 0.3) is 16.6 Å². The molecule has 2 aromatic carbocycles. The van der Waals surface area contributed by atoms with E-state index in [9.17, 15) is 9.59 Å². The standard InChI is InChI=1S/C19H16N2O4S/c1-24-13-6-4-5-12(11-13)21-17(22)14-7-2-3-8-15(14)20-19(21)26-16-9-10-25-18(16)23/h2-8,11,16H,9-10H2,1H3/t16-/m1/s1. The van der Waals surface area contributed by atoms with Gasteiger partial charge >= 0.3 is 5.97 Å². The van der Waals surface area contributed by atoms with Gasteiger partial charge in [-0.1, -0.05) is 30.0 Å². The first-order valence-electron chi connectivity index (χ1n) is 8.17. The lowest BCUT2D eigenvalue weighted by molar-refractivity contribution is -0.137. The van der Waals surface area contributed by atoms with Crippen molar-refractivity contribution in [3.05, 3.63) is 58.9 Å². The molecule has 0 aliphatic carbocycles. The highest BCUT2D eigenvalue weighted by Gasteiger charge is 2.29. The van der Waals surface area contributed by atoms with Crippen LogP contribution in [0.15, 0.2) is 58.5 Å². The molecule has 1 aliphatic heterocycles. The number of nitrogens with zero attached hydrogens (tertiary/aromatic N) is 2. The van der Waals surface area contributed by atoms with Gasteiger partial charge in [-0.2, -0.15) is 0 Å². The number of thioether (sulfide) groups is 1. The van der Waals surface area contributed by atoms with E-state index in [2.05, 4.69) is 4.98 Å². The van der Waals surface area contributed by atoms with Crippen molar-refractivity contribution < 1.29 is 14.3 Å². The molecule has 1 fully saturated rings. The summed E-state index contributed by atoms with van der Waals surface area (Å²) in [4.78, 5) is 29.7. The molecule has 26 heavy (non-hydrogen) atoms. The van der Waals surface area contributed by atoms with Gasteiger partial charge in [0.25, 0.3) is 5.56 Å². The molecule has 0 radical (unpaired) electrons. The lowest BCUT2D eigenvalue weighted by atomic mass is 10.2. The van der Waals surface area contributed by atoms with E-state index in [1.54, 1.807) is 25.3 Å². The van der Waals surface area contributed by atoms with Crippen molar-refractivity contribution in [2.75, 3.05) is 13.7 Å². The van der Waals surface area contributed by atoms with Crippen molar-refractivity contribution in [2.24, 2.45) is 0 Å². The van der Waals surface area contributed by atoms with Gasteiger partial charge in [-0.3, -0.25) is 14.2 Å². The van der Waals surface area contributed by atoms with Gasteiger partial charge in [-0.05, 0) is 24.3 Å². The molecule has 0 bridgehead atoms. The van der Waals surface area contributed by atoms with E-state index in [-0.39, 0.29) is 16.8 Å². The molecule has 132 valence electrons. The summed E-state index contributed by atoms with van der Waals surface area (Å²) < 4.78 is 11.8. The van der Waals surface area contributed by atoms with Crippen molar-refractivity contribution in [2.45, 2.75) is 16.8 Å². The molecule has 3 aromatic rings. The molecular formula is C19H16N2O4S. The quantitative estimate of drug-likeness (QED) is 0.521.